The number of methoxy groups -OCH3 is 1. The number of aromatic nitrogens is 1. The van der Waals surface area contributed by atoms with Crippen LogP contribution in [0.5, 0.6) is 5.75 Å². The van der Waals surface area contributed by atoms with Crippen LogP contribution in [0.25, 0.3) is 22.2 Å². The Labute approximate surface area is 209 Å². The standard InChI is InChI=1S/C26H24BrN3O3S/c1-32-23-10-6-5-7-17(23)15-28-29-26-30(20-8-3-2-4-9-20)22(16-34-26)21-14-18-13-19(27)11-12-24(18)33-25(21)31/h5-7,10-16,20H,2-4,8-9H2,1H3/b28-15+,29-26+. The number of ether oxygens (including phenoxy) is 1. The lowest BCUT2D eigenvalue weighted by Gasteiger charge is -2.25. The van der Waals surface area contributed by atoms with Crippen LogP contribution in [0.15, 0.2) is 77.8 Å². The molecule has 0 atom stereocenters. The molecule has 2 heterocycles. The first kappa shape index (κ1) is 22.8. The van der Waals surface area contributed by atoms with E-state index in [0.717, 1.165) is 57.4 Å². The molecule has 2 aromatic heterocycles. The fourth-order valence-corrected chi connectivity index (χ4v) is 5.76. The second-order valence-electron chi connectivity index (χ2n) is 8.28. The van der Waals surface area contributed by atoms with Gasteiger partial charge in [0, 0.05) is 26.8 Å². The topological polar surface area (TPSA) is 69.1 Å². The number of nitrogens with zero attached hydrogens (tertiary/aromatic N) is 3. The number of thiazole rings is 1. The molecule has 34 heavy (non-hydrogen) atoms. The van der Waals surface area contributed by atoms with Crippen LogP contribution in [0.2, 0.25) is 0 Å². The molecule has 1 fully saturated rings. The zero-order valence-corrected chi connectivity index (χ0v) is 21.1. The maximum Gasteiger partial charge on any atom is 0.345 e. The van der Waals surface area contributed by atoms with E-state index in [1.807, 2.05) is 47.8 Å². The SMILES string of the molecule is COc1ccccc1/C=N/N=c1/scc(-c2cc3cc(Br)ccc3oc2=O)n1C1CCCCC1. The molecule has 5 rings (SSSR count). The molecule has 2 aromatic carbocycles. The van der Waals surface area contributed by atoms with Crippen molar-refractivity contribution in [2.24, 2.45) is 10.2 Å². The number of para-hydroxylation sites is 1. The van der Waals surface area contributed by atoms with E-state index >= 15 is 0 Å². The predicted molar refractivity (Wildman–Crippen MR) is 140 cm³/mol. The molecule has 8 heteroatoms. The summed E-state index contributed by atoms with van der Waals surface area (Å²) in [5.41, 5.74) is 2.46. The molecule has 0 aliphatic heterocycles. The van der Waals surface area contributed by atoms with Gasteiger partial charge in [0.2, 0.25) is 4.80 Å². The Balaban J connectivity index is 1.62. The lowest BCUT2D eigenvalue weighted by atomic mass is 9.95. The van der Waals surface area contributed by atoms with E-state index in [1.54, 1.807) is 19.4 Å². The van der Waals surface area contributed by atoms with Gasteiger partial charge in [0.15, 0.2) is 0 Å². The van der Waals surface area contributed by atoms with Gasteiger partial charge in [0.25, 0.3) is 0 Å². The monoisotopic (exact) mass is 537 g/mol. The summed E-state index contributed by atoms with van der Waals surface area (Å²) in [5.74, 6) is 0.744. The molecule has 4 aromatic rings. The summed E-state index contributed by atoms with van der Waals surface area (Å²) in [6.45, 7) is 0. The van der Waals surface area contributed by atoms with E-state index in [2.05, 4.69) is 30.7 Å². The third-order valence-corrected chi connectivity index (χ3v) is 7.45. The molecular weight excluding hydrogens is 514 g/mol. The number of halogens is 1. The van der Waals surface area contributed by atoms with Gasteiger partial charge in [-0.05, 0) is 49.2 Å². The van der Waals surface area contributed by atoms with Crippen LogP contribution in [0, 0.1) is 0 Å². The van der Waals surface area contributed by atoms with Crippen LogP contribution in [0.3, 0.4) is 0 Å². The van der Waals surface area contributed by atoms with Gasteiger partial charge < -0.3 is 13.7 Å². The fraction of sp³-hybridized carbons (Fsp3) is 0.269. The predicted octanol–water partition coefficient (Wildman–Crippen LogP) is 6.53. The highest BCUT2D eigenvalue weighted by Crippen LogP contribution is 2.32. The van der Waals surface area contributed by atoms with Gasteiger partial charge in [-0.15, -0.1) is 16.4 Å². The first-order chi connectivity index (χ1) is 16.6. The lowest BCUT2D eigenvalue weighted by molar-refractivity contribution is 0.350. The van der Waals surface area contributed by atoms with Crippen molar-refractivity contribution >= 4 is 44.5 Å². The van der Waals surface area contributed by atoms with Crippen LogP contribution >= 0.6 is 27.3 Å². The summed E-state index contributed by atoms with van der Waals surface area (Å²) in [7, 11) is 1.64. The minimum atomic E-state index is -0.346. The molecule has 0 saturated heterocycles. The Kier molecular flexibility index (Phi) is 6.78. The minimum Gasteiger partial charge on any atom is -0.496 e. The largest absolute Gasteiger partial charge is 0.496 e. The zero-order valence-electron chi connectivity index (χ0n) is 18.7. The van der Waals surface area contributed by atoms with Crippen molar-refractivity contribution in [1.82, 2.24) is 4.57 Å². The number of hydrogen-bond donors (Lipinski definition) is 0. The Hall–Kier alpha value is -2.97. The summed E-state index contributed by atoms with van der Waals surface area (Å²) in [6.07, 6.45) is 7.37. The quantitative estimate of drug-likeness (QED) is 0.165. The maximum absolute atomic E-state index is 13.0. The summed E-state index contributed by atoms with van der Waals surface area (Å²) in [5, 5.41) is 11.8. The van der Waals surface area contributed by atoms with Crippen molar-refractivity contribution < 1.29 is 9.15 Å². The summed E-state index contributed by atoms with van der Waals surface area (Å²) >= 11 is 5.00. The van der Waals surface area contributed by atoms with Crippen molar-refractivity contribution in [3.63, 3.8) is 0 Å². The minimum absolute atomic E-state index is 0.271. The normalized spacial score (nSPS) is 15.4. The summed E-state index contributed by atoms with van der Waals surface area (Å²) < 4.78 is 14.2. The van der Waals surface area contributed by atoms with E-state index < -0.39 is 0 Å². The Morgan fingerprint density at radius 3 is 2.79 bits per heavy atom. The third-order valence-electron chi connectivity index (χ3n) is 6.13. The lowest BCUT2D eigenvalue weighted by Crippen LogP contribution is -2.24. The van der Waals surface area contributed by atoms with E-state index in [0.29, 0.717) is 11.1 Å². The third kappa shape index (κ3) is 4.65. The van der Waals surface area contributed by atoms with Crippen LogP contribution < -0.4 is 15.2 Å². The van der Waals surface area contributed by atoms with Gasteiger partial charge in [-0.3, -0.25) is 0 Å². The first-order valence-corrected chi connectivity index (χ1v) is 13.0. The maximum atomic E-state index is 13.0. The van der Waals surface area contributed by atoms with E-state index in [9.17, 15) is 4.79 Å². The summed E-state index contributed by atoms with van der Waals surface area (Å²) in [4.78, 5) is 13.7. The Morgan fingerprint density at radius 1 is 1.15 bits per heavy atom. The smallest absolute Gasteiger partial charge is 0.345 e. The van der Waals surface area contributed by atoms with Crippen LogP contribution in [-0.4, -0.2) is 17.9 Å². The number of fused-ring (bicyclic) bond motifs is 1. The molecule has 0 N–H and O–H groups in total. The van der Waals surface area contributed by atoms with Gasteiger partial charge in [-0.1, -0.05) is 47.3 Å². The molecule has 0 amide bonds. The van der Waals surface area contributed by atoms with Gasteiger partial charge in [0.05, 0.1) is 24.6 Å². The van der Waals surface area contributed by atoms with Crippen LogP contribution in [0.4, 0.5) is 0 Å². The van der Waals surface area contributed by atoms with E-state index in [4.69, 9.17) is 9.15 Å². The molecule has 0 bridgehead atoms. The van der Waals surface area contributed by atoms with E-state index in [1.165, 1.54) is 17.8 Å². The number of hydrogen-bond acceptors (Lipinski definition) is 6. The van der Waals surface area contributed by atoms with Crippen molar-refractivity contribution in [1.29, 1.82) is 0 Å². The Morgan fingerprint density at radius 2 is 1.97 bits per heavy atom. The molecule has 1 aliphatic rings. The van der Waals surface area contributed by atoms with Crippen LogP contribution in [0.1, 0.15) is 43.7 Å². The first-order valence-electron chi connectivity index (χ1n) is 11.3. The molecular formula is C26H24BrN3O3S. The molecule has 0 unspecified atom stereocenters. The number of benzene rings is 2. The average molecular weight is 538 g/mol. The van der Waals surface area contributed by atoms with Crippen molar-refractivity contribution in [3.05, 3.63) is 79.2 Å². The Bertz CT molecular complexity index is 1480. The second-order valence-corrected chi connectivity index (χ2v) is 10.0. The molecule has 1 aliphatic carbocycles. The van der Waals surface area contributed by atoms with Gasteiger partial charge in [-0.2, -0.15) is 5.10 Å². The molecule has 1 saturated carbocycles. The average Bonchev–Trinajstić information content (AvgIpc) is 3.28. The van der Waals surface area contributed by atoms with E-state index in [-0.39, 0.29) is 11.7 Å². The van der Waals surface area contributed by atoms with Gasteiger partial charge >= 0.3 is 5.63 Å². The highest BCUT2D eigenvalue weighted by atomic mass is 79.9. The molecule has 0 radical (unpaired) electrons. The molecule has 6 nitrogen and oxygen atoms in total. The second kappa shape index (κ2) is 10.1. The van der Waals surface area contributed by atoms with Gasteiger partial charge in [-0.25, -0.2) is 4.79 Å². The van der Waals surface area contributed by atoms with Crippen molar-refractivity contribution in [3.8, 4) is 17.0 Å². The molecule has 0 spiro atoms. The highest BCUT2D eigenvalue weighted by Gasteiger charge is 2.22. The number of rotatable bonds is 5. The van der Waals surface area contributed by atoms with Gasteiger partial charge in [0.1, 0.15) is 11.3 Å². The fourth-order valence-electron chi connectivity index (χ4n) is 4.47. The van der Waals surface area contributed by atoms with Crippen LogP contribution in [-0.2, 0) is 0 Å². The van der Waals surface area contributed by atoms with Crippen molar-refractivity contribution in [2.75, 3.05) is 7.11 Å². The molecule has 174 valence electrons. The summed E-state index contributed by atoms with van der Waals surface area (Å²) in [6, 6.07) is 15.5. The zero-order chi connectivity index (χ0) is 23.5. The highest BCUT2D eigenvalue weighted by molar-refractivity contribution is 9.10. The van der Waals surface area contributed by atoms with Crippen molar-refractivity contribution in [2.45, 2.75) is 38.1 Å².